The fourth-order valence-electron chi connectivity index (χ4n) is 3.47. The molecule has 0 aliphatic heterocycles. The van der Waals surface area contributed by atoms with Crippen LogP contribution in [0, 0.1) is 5.41 Å². The number of hydrogen-bond donors (Lipinski definition) is 0. The van der Waals surface area contributed by atoms with E-state index in [0.717, 1.165) is 6.42 Å². The van der Waals surface area contributed by atoms with Crippen molar-refractivity contribution < 1.29 is 0 Å². The topological polar surface area (TPSA) is 0 Å². The molecule has 2 heteroatoms. The predicted octanol–water partition coefficient (Wildman–Crippen LogP) is 6.50. The molecule has 21 heavy (non-hydrogen) atoms. The van der Waals surface area contributed by atoms with Gasteiger partial charge in [0.25, 0.3) is 0 Å². The van der Waals surface area contributed by atoms with Gasteiger partial charge in [-0.3, -0.25) is 0 Å². The summed E-state index contributed by atoms with van der Waals surface area (Å²) < 4.78 is 0.262. The minimum atomic E-state index is -1.22. The van der Waals surface area contributed by atoms with Crippen molar-refractivity contribution >= 4 is 18.4 Å². The van der Waals surface area contributed by atoms with E-state index in [-0.39, 0.29) is 10.2 Å². The van der Waals surface area contributed by atoms with E-state index in [1.165, 1.54) is 18.4 Å². The minimum Gasteiger partial charge on any atom is -0.174 e. The summed E-state index contributed by atoms with van der Waals surface area (Å²) in [5.41, 5.74) is 3.40. The molecule has 0 amide bonds. The summed E-state index contributed by atoms with van der Waals surface area (Å²) in [5.74, 6) is 0. The third-order valence-electron chi connectivity index (χ3n) is 3.98. The molecule has 0 saturated heterocycles. The Balaban J connectivity index is 2.41. The van der Waals surface area contributed by atoms with Crippen LogP contribution in [0.5, 0.6) is 0 Å². The maximum absolute atomic E-state index is 2.48. The first-order valence-corrected chi connectivity index (χ1v) is 13.1. The van der Waals surface area contributed by atoms with Gasteiger partial charge in [-0.05, 0) is 30.3 Å². The first-order chi connectivity index (χ1) is 9.62. The highest BCUT2D eigenvalue weighted by molar-refractivity contribution is 8.29. The molecule has 2 aliphatic rings. The average molecular weight is 319 g/mol. The Bertz CT molecular complexity index is 509. The number of hydrogen-bond acceptors (Lipinski definition) is 1. The molecule has 1 atom stereocenters. The first kappa shape index (κ1) is 16.9. The zero-order valence-electron chi connectivity index (χ0n) is 14.5. The van der Waals surface area contributed by atoms with Crippen LogP contribution in [0.15, 0.2) is 47.6 Å². The van der Waals surface area contributed by atoms with Crippen LogP contribution >= 0.6 is 11.2 Å². The second kappa shape index (κ2) is 5.96. The van der Waals surface area contributed by atoms with Crippen molar-refractivity contribution in [1.82, 2.24) is 0 Å². The van der Waals surface area contributed by atoms with Gasteiger partial charge in [0.2, 0.25) is 0 Å². The van der Waals surface area contributed by atoms with Gasteiger partial charge >= 0.3 is 0 Å². The lowest BCUT2D eigenvalue weighted by Gasteiger charge is -2.46. The molecule has 0 aromatic rings. The third-order valence-corrected chi connectivity index (χ3v) is 8.53. The van der Waals surface area contributed by atoms with Crippen LogP contribution in [-0.4, -0.2) is 12.0 Å². The molecule has 0 radical (unpaired) electrons. The number of rotatable bonds is 4. The lowest BCUT2D eigenvalue weighted by atomic mass is 9.72. The number of allylic oxidation sites excluding steroid dienone is 7. The highest BCUT2D eigenvalue weighted by atomic mass is 32.4. The summed E-state index contributed by atoms with van der Waals surface area (Å²) in [4.78, 5) is 0. The van der Waals surface area contributed by atoms with Crippen LogP contribution in [-0.2, 0) is 0 Å². The van der Waals surface area contributed by atoms with Crippen molar-refractivity contribution in [1.29, 1.82) is 0 Å². The Hall–Kier alpha value is -0.473. The molecule has 0 bridgehead atoms. The standard InChI is InChI=1S/C19H30SSi/c1-18(2,3)17-13-9-10-14-19(17,20-21(4,5)6)15-16-11-7-8-12-16/h7,9-13H,8,14-15H2,1-6H3. The molecule has 1 unspecified atom stereocenters. The van der Waals surface area contributed by atoms with Crippen LogP contribution in [0.4, 0.5) is 0 Å². The second-order valence-corrected chi connectivity index (χ2v) is 17.8. The summed E-state index contributed by atoms with van der Waals surface area (Å²) in [7, 11) is -1.22. The maximum Gasteiger partial charge on any atom is 0.109 e. The van der Waals surface area contributed by atoms with Crippen LogP contribution in [0.2, 0.25) is 19.6 Å². The van der Waals surface area contributed by atoms with Crippen molar-refractivity contribution in [2.24, 2.45) is 5.41 Å². The average Bonchev–Trinajstić information content (AvgIpc) is 2.78. The predicted molar refractivity (Wildman–Crippen MR) is 101 cm³/mol. The molecule has 0 saturated carbocycles. The van der Waals surface area contributed by atoms with Gasteiger partial charge in [0.15, 0.2) is 0 Å². The molecule has 0 spiro atoms. The molecule has 2 aliphatic carbocycles. The Kier molecular flexibility index (Phi) is 4.80. The second-order valence-electron chi connectivity index (χ2n) is 8.27. The van der Waals surface area contributed by atoms with Gasteiger partial charge in [-0.2, -0.15) is 11.2 Å². The molecule has 0 aromatic carbocycles. The monoisotopic (exact) mass is 318 g/mol. The molecular formula is C19H30SSi. The Labute approximate surface area is 136 Å². The van der Waals surface area contributed by atoms with E-state index in [9.17, 15) is 0 Å². The molecular weight excluding hydrogens is 288 g/mol. The SMILES string of the molecule is CC(C)(C)C1=CC=CCC1(CC1=CCC=C1)S[Si](C)(C)C. The van der Waals surface area contributed by atoms with Crippen LogP contribution in [0.25, 0.3) is 0 Å². The Morgan fingerprint density at radius 2 is 1.90 bits per heavy atom. The molecule has 116 valence electrons. The lowest BCUT2D eigenvalue weighted by Crippen LogP contribution is -2.40. The Morgan fingerprint density at radius 1 is 1.19 bits per heavy atom. The van der Waals surface area contributed by atoms with Gasteiger partial charge in [0, 0.05) is 4.75 Å². The first-order valence-electron chi connectivity index (χ1n) is 8.06. The van der Waals surface area contributed by atoms with Crippen LogP contribution < -0.4 is 0 Å². The quantitative estimate of drug-likeness (QED) is 0.533. The zero-order valence-corrected chi connectivity index (χ0v) is 16.3. The normalized spacial score (nSPS) is 26.0. The van der Waals surface area contributed by atoms with E-state index < -0.39 is 7.22 Å². The highest BCUT2D eigenvalue weighted by Gasteiger charge is 2.43. The van der Waals surface area contributed by atoms with E-state index in [4.69, 9.17) is 0 Å². The van der Waals surface area contributed by atoms with Crippen molar-refractivity contribution in [3.05, 3.63) is 47.6 Å². The molecule has 0 nitrogen and oxygen atoms in total. The van der Waals surface area contributed by atoms with E-state index in [1.54, 1.807) is 5.57 Å². The van der Waals surface area contributed by atoms with Gasteiger partial charge in [-0.1, -0.05) is 82.4 Å². The molecule has 0 heterocycles. The summed E-state index contributed by atoms with van der Waals surface area (Å²) in [6.45, 7) is 14.6. The van der Waals surface area contributed by atoms with Crippen molar-refractivity contribution in [3.63, 3.8) is 0 Å². The minimum absolute atomic E-state index is 0.236. The zero-order chi connectivity index (χ0) is 15.7. The third kappa shape index (κ3) is 4.26. The van der Waals surface area contributed by atoms with Crippen molar-refractivity contribution in [3.8, 4) is 0 Å². The van der Waals surface area contributed by atoms with E-state index in [2.05, 4.69) is 88.1 Å². The fourth-order valence-corrected chi connectivity index (χ4v) is 9.86. The summed E-state index contributed by atoms with van der Waals surface area (Å²) >= 11 is 2.29. The van der Waals surface area contributed by atoms with Gasteiger partial charge in [0.05, 0.1) is 0 Å². The van der Waals surface area contributed by atoms with Crippen molar-refractivity contribution in [2.45, 2.75) is 64.4 Å². The van der Waals surface area contributed by atoms with Crippen LogP contribution in [0.3, 0.4) is 0 Å². The molecule has 0 N–H and O–H groups in total. The Morgan fingerprint density at radius 3 is 2.43 bits per heavy atom. The molecule has 0 fully saturated rings. The maximum atomic E-state index is 2.48. The smallest absolute Gasteiger partial charge is 0.109 e. The van der Waals surface area contributed by atoms with E-state index >= 15 is 0 Å². The summed E-state index contributed by atoms with van der Waals surface area (Å²) in [5, 5.41) is 0. The van der Waals surface area contributed by atoms with Gasteiger partial charge < -0.3 is 0 Å². The summed E-state index contributed by atoms with van der Waals surface area (Å²) in [6.07, 6.45) is 17.6. The lowest BCUT2D eigenvalue weighted by molar-refractivity contribution is 0.439. The van der Waals surface area contributed by atoms with Gasteiger partial charge in [0.1, 0.15) is 7.22 Å². The largest absolute Gasteiger partial charge is 0.174 e. The van der Waals surface area contributed by atoms with Crippen LogP contribution in [0.1, 0.15) is 40.0 Å². The molecule has 0 aromatic heterocycles. The van der Waals surface area contributed by atoms with Gasteiger partial charge in [-0.25, -0.2) is 0 Å². The van der Waals surface area contributed by atoms with Gasteiger partial charge in [-0.15, -0.1) is 0 Å². The summed E-state index contributed by atoms with van der Waals surface area (Å²) in [6, 6.07) is 0. The van der Waals surface area contributed by atoms with E-state index in [0.29, 0.717) is 0 Å². The highest BCUT2D eigenvalue weighted by Crippen LogP contribution is 2.53. The van der Waals surface area contributed by atoms with Crippen molar-refractivity contribution in [2.75, 3.05) is 0 Å². The van der Waals surface area contributed by atoms with E-state index in [1.807, 2.05) is 0 Å². The molecule has 2 rings (SSSR count). The fraction of sp³-hybridized carbons (Fsp3) is 0.579.